The van der Waals surface area contributed by atoms with Gasteiger partial charge in [0.1, 0.15) is 13.2 Å². The van der Waals surface area contributed by atoms with Crippen molar-refractivity contribution in [3.8, 4) is 0 Å². The van der Waals surface area contributed by atoms with Gasteiger partial charge >= 0.3 is 11.9 Å². The van der Waals surface area contributed by atoms with Gasteiger partial charge in [-0.05, 0) is 34.7 Å². The molecule has 0 spiro atoms. The molecule has 0 aromatic heterocycles. The fraction of sp³-hybridized carbons (Fsp3) is 0.273. The summed E-state index contributed by atoms with van der Waals surface area (Å²) in [5.74, 6) is -0.789. The molecule has 1 aromatic carbocycles. The fourth-order valence-corrected chi connectivity index (χ4v) is 1.63. The fourth-order valence-electron chi connectivity index (χ4n) is 1.02. The van der Waals surface area contributed by atoms with Crippen molar-refractivity contribution in [2.75, 3.05) is 13.2 Å². The number of carbonyl (C=O) groups excluding carboxylic acids is 2. The molecule has 0 saturated carbocycles. The first kappa shape index (κ1) is 13.0. The lowest BCUT2D eigenvalue weighted by Gasteiger charge is -2.06. The number of hydrogen-bond donors (Lipinski definition) is 0. The van der Waals surface area contributed by atoms with Crippen molar-refractivity contribution in [1.82, 2.24) is 0 Å². The van der Waals surface area contributed by atoms with Gasteiger partial charge in [0, 0.05) is 10.5 Å². The molecule has 0 radical (unpaired) electrons. The van der Waals surface area contributed by atoms with E-state index in [0.29, 0.717) is 5.56 Å². The van der Waals surface area contributed by atoms with E-state index >= 15 is 0 Å². The Morgan fingerprint density at radius 3 is 2.44 bits per heavy atom. The van der Waals surface area contributed by atoms with Crippen LogP contribution in [0.2, 0.25) is 0 Å². The van der Waals surface area contributed by atoms with Gasteiger partial charge in [0.15, 0.2) is 0 Å². The summed E-state index contributed by atoms with van der Waals surface area (Å²) in [6, 6.07) is 7.13. The van der Waals surface area contributed by atoms with Crippen LogP contribution in [0.15, 0.2) is 24.3 Å². The normalized spacial score (nSPS) is 9.62. The number of rotatable bonds is 4. The lowest BCUT2D eigenvalue weighted by Crippen LogP contribution is -2.13. The van der Waals surface area contributed by atoms with Crippen molar-refractivity contribution < 1.29 is 19.1 Å². The van der Waals surface area contributed by atoms with E-state index in [0.717, 1.165) is 3.57 Å². The molecule has 1 rings (SSSR count). The Kier molecular flexibility index (Phi) is 5.24. The van der Waals surface area contributed by atoms with Crippen LogP contribution in [0.5, 0.6) is 0 Å². The van der Waals surface area contributed by atoms with Crippen molar-refractivity contribution in [2.45, 2.75) is 6.92 Å². The Balaban J connectivity index is 2.41. The molecule has 0 saturated heterocycles. The molecule has 0 bridgehead atoms. The first-order valence-corrected chi connectivity index (χ1v) is 5.74. The molecule has 0 aliphatic carbocycles. The predicted octanol–water partition coefficient (Wildman–Crippen LogP) is 2.01. The summed E-state index contributed by atoms with van der Waals surface area (Å²) in [6.45, 7) is 1.47. The number of ether oxygens (including phenoxy) is 2. The molecular weight excluding hydrogens is 323 g/mol. The Bertz CT molecular complexity index is 389. The minimum absolute atomic E-state index is 0.0728. The minimum atomic E-state index is -0.405. The van der Waals surface area contributed by atoms with E-state index in [1.165, 1.54) is 6.92 Å². The molecular formula is C11H11IO4. The van der Waals surface area contributed by atoms with E-state index in [2.05, 4.69) is 27.3 Å². The van der Waals surface area contributed by atoms with Gasteiger partial charge in [-0.2, -0.15) is 0 Å². The van der Waals surface area contributed by atoms with E-state index < -0.39 is 5.97 Å². The van der Waals surface area contributed by atoms with Crippen LogP contribution in [-0.4, -0.2) is 25.2 Å². The van der Waals surface area contributed by atoms with Crippen molar-refractivity contribution in [3.05, 3.63) is 33.4 Å². The average Bonchev–Trinajstić information content (AvgIpc) is 2.24. The van der Waals surface area contributed by atoms with Gasteiger partial charge in [0.25, 0.3) is 0 Å². The summed E-state index contributed by atoms with van der Waals surface area (Å²) >= 11 is 2.06. The van der Waals surface area contributed by atoms with Crippen LogP contribution in [0.3, 0.4) is 0 Å². The van der Waals surface area contributed by atoms with Crippen molar-refractivity contribution in [1.29, 1.82) is 0 Å². The quantitative estimate of drug-likeness (QED) is 0.480. The summed E-state index contributed by atoms with van der Waals surface area (Å²) < 4.78 is 10.4. The highest BCUT2D eigenvalue weighted by molar-refractivity contribution is 14.1. The molecule has 0 atom stereocenters. The second-order valence-corrected chi connectivity index (χ2v) is 4.12. The highest BCUT2D eigenvalue weighted by Gasteiger charge is 2.10. The SMILES string of the molecule is CC(=O)OCCOC(=O)c1ccccc1I. The molecule has 4 nitrogen and oxygen atoms in total. The maximum Gasteiger partial charge on any atom is 0.339 e. The monoisotopic (exact) mass is 334 g/mol. The third-order valence-corrected chi connectivity index (χ3v) is 2.66. The zero-order valence-corrected chi connectivity index (χ0v) is 10.9. The number of carbonyl (C=O) groups is 2. The Morgan fingerprint density at radius 2 is 1.81 bits per heavy atom. The lowest BCUT2D eigenvalue weighted by atomic mass is 10.2. The Labute approximate surface area is 107 Å². The number of halogens is 1. The van der Waals surface area contributed by atoms with Crippen molar-refractivity contribution >= 4 is 34.5 Å². The van der Waals surface area contributed by atoms with Gasteiger partial charge in [-0.25, -0.2) is 4.79 Å². The van der Waals surface area contributed by atoms with E-state index in [1.807, 2.05) is 12.1 Å². The van der Waals surface area contributed by atoms with Crippen molar-refractivity contribution in [2.24, 2.45) is 0 Å². The maximum absolute atomic E-state index is 11.5. The average molecular weight is 334 g/mol. The first-order valence-electron chi connectivity index (χ1n) is 4.66. The topological polar surface area (TPSA) is 52.6 Å². The third-order valence-electron chi connectivity index (χ3n) is 1.72. The van der Waals surface area contributed by atoms with Gasteiger partial charge in [-0.15, -0.1) is 0 Å². The molecule has 86 valence electrons. The summed E-state index contributed by atoms with van der Waals surface area (Å²) in [5.41, 5.74) is 0.519. The summed E-state index contributed by atoms with van der Waals surface area (Å²) in [4.78, 5) is 22.0. The summed E-state index contributed by atoms with van der Waals surface area (Å²) in [6.07, 6.45) is 0. The standard InChI is InChI=1S/C11H11IO4/c1-8(13)15-6-7-16-11(14)9-4-2-3-5-10(9)12/h2-5H,6-7H2,1H3. The van der Waals surface area contributed by atoms with Gasteiger partial charge in [0.05, 0.1) is 5.56 Å². The zero-order chi connectivity index (χ0) is 12.0. The molecule has 0 fully saturated rings. The minimum Gasteiger partial charge on any atom is -0.462 e. The number of hydrogen-bond acceptors (Lipinski definition) is 4. The van der Waals surface area contributed by atoms with Gasteiger partial charge in [0.2, 0.25) is 0 Å². The molecule has 0 heterocycles. The molecule has 5 heteroatoms. The number of benzene rings is 1. The Morgan fingerprint density at radius 1 is 1.19 bits per heavy atom. The lowest BCUT2D eigenvalue weighted by molar-refractivity contribution is -0.142. The van der Waals surface area contributed by atoms with Gasteiger partial charge < -0.3 is 9.47 Å². The smallest absolute Gasteiger partial charge is 0.339 e. The molecule has 0 unspecified atom stereocenters. The molecule has 0 N–H and O–H groups in total. The van der Waals surface area contributed by atoms with Crippen LogP contribution in [-0.2, 0) is 14.3 Å². The van der Waals surface area contributed by atoms with Crippen molar-refractivity contribution in [3.63, 3.8) is 0 Å². The summed E-state index contributed by atoms with van der Waals surface area (Å²) in [5, 5.41) is 0. The summed E-state index contributed by atoms with van der Waals surface area (Å²) in [7, 11) is 0. The largest absolute Gasteiger partial charge is 0.462 e. The molecule has 1 aromatic rings. The molecule has 0 aliphatic rings. The van der Waals surface area contributed by atoms with Crippen LogP contribution >= 0.6 is 22.6 Å². The van der Waals surface area contributed by atoms with Gasteiger partial charge in [-0.1, -0.05) is 12.1 Å². The van der Waals surface area contributed by atoms with Crippen LogP contribution in [0.1, 0.15) is 17.3 Å². The van der Waals surface area contributed by atoms with Crippen LogP contribution < -0.4 is 0 Å². The van der Waals surface area contributed by atoms with E-state index in [-0.39, 0.29) is 19.2 Å². The highest BCUT2D eigenvalue weighted by Crippen LogP contribution is 2.12. The number of esters is 2. The van der Waals surface area contributed by atoms with E-state index in [1.54, 1.807) is 12.1 Å². The first-order chi connectivity index (χ1) is 7.61. The molecule has 16 heavy (non-hydrogen) atoms. The van der Waals surface area contributed by atoms with E-state index in [4.69, 9.17) is 4.74 Å². The van der Waals surface area contributed by atoms with E-state index in [9.17, 15) is 9.59 Å². The molecule has 0 amide bonds. The van der Waals surface area contributed by atoms with Gasteiger partial charge in [-0.3, -0.25) is 4.79 Å². The third kappa shape index (κ3) is 4.18. The maximum atomic E-state index is 11.5. The van der Waals surface area contributed by atoms with Crippen LogP contribution in [0, 0.1) is 3.57 Å². The highest BCUT2D eigenvalue weighted by atomic mass is 127. The van der Waals surface area contributed by atoms with Crippen LogP contribution in [0.25, 0.3) is 0 Å². The van der Waals surface area contributed by atoms with Crippen LogP contribution in [0.4, 0.5) is 0 Å². The second-order valence-electron chi connectivity index (χ2n) is 2.96. The zero-order valence-electron chi connectivity index (χ0n) is 8.73. The molecule has 0 aliphatic heterocycles. The second kappa shape index (κ2) is 6.47. The Hall–Kier alpha value is -1.11. The predicted molar refractivity (Wildman–Crippen MR) is 66.1 cm³/mol.